The fourth-order valence-corrected chi connectivity index (χ4v) is 3.06. The van der Waals surface area contributed by atoms with E-state index in [2.05, 4.69) is 22.6 Å². The quantitative estimate of drug-likeness (QED) is 0.356. The lowest BCUT2D eigenvalue weighted by atomic mass is 10.1. The summed E-state index contributed by atoms with van der Waals surface area (Å²) in [5.74, 6) is 0.174. The predicted octanol–water partition coefficient (Wildman–Crippen LogP) is 4.01. The normalized spacial score (nSPS) is 10.9. The Balaban J connectivity index is 2.33. The van der Waals surface area contributed by atoms with Crippen LogP contribution in [-0.4, -0.2) is 32.0 Å². The smallest absolute Gasteiger partial charge is 0.264 e. The first-order valence-electron chi connectivity index (χ1n) is 7.94. The third-order valence-corrected chi connectivity index (χ3v) is 4.45. The average Bonchev–Trinajstić information content (AvgIpc) is 2.65. The zero-order chi connectivity index (χ0) is 20.0. The lowest BCUT2D eigenvalue weighted by Crippen LogP contribution is -2.22. The van der Waals surface area contributed by atoms with Crippen LogP contribution >= 0.6 is 22.6 Å². The Bertz CT molecular complexity index is 920. The molecule has 0 aliphatic rings. The average molecular weight is 480 g/mol. The number of carbonyl (C=O) groups excluding carboxylic acids is 1. The van der Waals surface area contributed by atoms with Gasteiger partial charge in [0, 0.05) is 19.7 Å². The number of halogens is 2. The van der Waals surface area contributed by atoms with Crippen molar-refractivity contribution in [3.63, 3.8) is 0 Å². The van der Waals surface area contributed by atoms with Crippen LogP contribution in [0.2, 0.25) is 0 Å². The fraction of sp³-hybridized carbons (Fsp3) is 0.200. The summed E-state index contributed by atoms with van der Waals surface area (Å²) < 4.78 is 25.6. The van der Waals surface area contributed by atoms with Gasteiger partial charge < -0.3 is 14.4 Å². The molecule has 0 N–H and O–H groups in total. The van der Waals surface area contributed by atoms with Gasteiger partial charge in [-0.15, -0.1) is 0 Å². The molecule has 2 aromatic rings. The van der Waals surface area contributed by atoms with E-state index in [1.807, 2.05) is 6.07 Å². The minimum absolute atomic E-state index is 0.0119. The van der Waals surface area contributed by atoms with Gasteiger partial charge in [-0.2, -0.15) is 5.26 Å². The molecule has 7 heteroatoms. The first-order chi connectivity index (χ1) is 12.9. The fourth-order valence-electron chi connectivity index (χ4n) is 2.28. The highest BCUT2D eigenvalue weighted by Crippen LogP contribution is 2.35. The molecule has 0 heterocycles. The molecule has 0 radical (unpaired) electrons. The molecular formula is C20H18FIN2O3. The Morgan fingerprint density at radius 3 is 2.63 bits per heavy atom. The molecule has 0 saturated carbocycles. The maximum absolute atomic E-state index is 13.8. The van der Waals surface area contributed by atoms with E-state index < -0.39 is 0 Å². The zero-order valence-electron chi connectivity index (χ0n) is 15.1. The first-order valence-corrected chi connectivity index (χ1v) is 9.02. The minimum Gasteiger partial charge on any atom is -0.493 e. The van der Waals surface area contributed by atoms with E-state index >= 15 is 0 Å². The van der Waals surface area contributed by atoms with Crippen LogP contribution in [0.25, 0.3) is 6.08 Å². The molecule has 27 heavy (non-hydrogen) atoms. The molecule has 0 bridgehead atoms. The van der Waals surface area contributed by atoms with Crippen molar-refractivity contribution in [1.82, 2.24) is 4.90 Å². The van der Waals surface area contributed by atoms with E-state index in [0.29, 0.717) is 26.2 Å². The van der Waals surface area contributed by atoms with Crippen molar-refractivity contribution in [3.05, 3.63) is 62.5 Å². The van der Waals surface area contributed by atoms with Gasteiger partial charge in [0.1, 0.15) is 24.1 Å². The van der Waals surface area contributed by atoms with Crippen LogP contribution in [0.3, 0.4) is 0 Å². The van der Waals surface area contributed by atoms with Gasteiger partial charge in [0.25, 0.3) is 5.91 Å². The summed E-state index contributed by atoms with van der Waals surface area (Å²) in [4.78, 5) is 13.4. The first kappa shape index (κ1) is 20.7. The van der Waals surface area contributed by atoms with Crippen molar-refractivity contribution in [2.24, 2.45) is 0 Å². The van der Waals surface area contributed by atoms with Crippen LogP contribution in [0.15, 0.2) is 42.0 Å². The van der Waals surface area contributed by atoms with Crippen molar-refractivity contribution in [3.8, 4) is 17.6 Å². The molecule has 140 valence electrons. The topological polar surface area (TPSA) is 62.6 Å². The molecule has 0 fully saturated rings. The molecule has 5 nitrogen and oxygen atoms in total. The number of carbonyl (C=O) groups is 1. The highest BCUT2D eigenvalue weighted by molar-refractivity contribution is 14.1. The Morgan fingerprint density at radius 2 is 2.04 bits per heavy atom. The molecule has 0 unspecified atom stereocenters. The molecule has 0 spiro atoms. The van der Waals surface area contributed by atoms with Crippen LogP contribution < -0.4 is 9.47 Å². The Morgan fingerprint density at radius 1 is 1.33 bits per heavy atom. The number of rotatable bonds is 6. The number of likely N-dealkylation sites (N-methyl/N-ethyl adjacent to an activating group) is 1. The van der Waals surface area contributed by atoms with E-state index in [-0.39, 0.29) is 23.9 Å². The highest BCUT2D eigenvalue weighted by Gasteiger charge is 2.15. The van der Waals surface area contributed by atoms with Crippen molar-refractivity contribution in [2.75, 3.05) is 21.2 Å². The summed E-state index contributed by atoms with van der Waals surface area (Å²) in [6.07, 6.45) is 1.49. The summed E-state index contributed by atoms with van der Waals surface area (Å²) in [5, 5.41) is 9.23. The van der Waals surface area contributed by atoms with Crippen LogP contribution in [0, 0.1) is 20.7 Å². The van der Waals surface area contributed by atoms with Crippen molar-refractivity contribution < 1.29 is 18.7 Å². The van der Waals surface area contributed by atoms with Gasteiger partial charge in [0.2, 0.25) is 0 Å². The molecule has 0 aliphatic carbocycles. The van der Waals surface area contributed by atoms with Gasteiger partial charge >= 0.3 is 0 Å². The molecule has 2 aromatic carbocycles. The number of methoxy groups -OCH3 is 1. The lowest BCUT2D eigenvalue weighted by molar-refractivity contribution is -0.124. The number of ether oxygens (including phenoxy) is 2. The Labute approximate surface area is 171 Å². The number of benzene rings is 2. The van der Waals surface area contributed by atoms with Crippen molar-refractivity contribution in [2.45, 2.75) is 6.61 Å². The van der Waals surface area contributed by atoms with Crippen molar-refractivity contribution >= 4 is 34.6 Å². The second-order valence-corrected chi connectivity index (χ2v) is 6.95. The summed E-state index contributed by atoms with van der Waals surface area (Å²) in [5.41, 5.74) is 1.07. The highest BCUT2D eigenvalue weighted by atomic mass is 127. The van der Waals surface area contributed by atoms with Crippen molar-refractivity contribution in [1.29, 1.82) is 5.26 Å². The zero-order valence-corrected chi connectivity index (χ0v) is 17.3. The number of nitrogens with zero attached hydrogens (tertiary/aromatic N) is 2. The van der Waals surface area contributed by atoms with Gasteiger partial charge in [-0.3, -0.25) is 4.79 Å². The maximum atomic E-state index is 13.8. The Kier molecular flexibility index (Phi) is 7.19. The third kappa shape index (κ3) is 5.20. The second-order valence-electron chi connectivity index (χ2n) is 5.78. The molecule has 1 amide bonds. The monoisotopic (exact) mass is 480 g/mol. The Hall–Kier alpha value is -2.60. The third-order valence-electron chi connectivity index (χ3n) is 3.65. The molecular weight excluding hydrogens is 462 g/mol. The molecule has 0 atom stereocenters. The SMILES string of the molecule is COc1cc(/C=C(/C#N)C(=O)N(C)C)cc(I)c1OCc1ccccc1F. The van der Waals surface area contributed by atoms with Crippen LogP contribution in [0.4, 0.5) is 4.39 Å². The van der Waals surface area contributed by atoms with E-state index in [1.165, 1.54) is 24.2 Å². The van der Waals surface area contributed by atoms with Gasteiger partial charge in [-0.1, -0.05) is 18.2 Å². The predicted molar refractivity (Wildman–Crippen MR) is 109 cm³/mol. The van der Waals surface area contributed by atoms with Crippen LogP contribution in [-0.2, 0) is 11.4 Å². The molecule has 0 saturated heterocycles. The van der Waals surface area contributed by atoms with E-state index in [4.69, 9.17) is 9.47 Å². The standard InChI is InChI=1S/C20H18FIN2O3/c1-24(2)20(25)15(11-23)8-13-9-17(22)19(18(10-13)26-3)27-12-14-6-4-5-7-16(14)21/h4-10H,12H2,1-3H3/b15-8-. The van der Waals surface area contributed by atoms with Crippen LogP contribution in [0.5, 0.6) is 11.5 Å². The van der Waals surface area contributed by atoms with Gasteiger partial charge in [0.15, 0.2) is 11.5 Å². The number of hydrogen-bond acceptors (Lipinski definition) is 4. The van der Waals surface area contributed by atoms with E-state index in [1.54, 1.807) is 44.4 Å². The number of nitriles is 1. The van der Waals surface area contributed by atoms with Crippen LogP contribution in [0.1, 0.15) is 11.1 Å². The molecule has 0 aromatic heterocycles. The largest absolute Gasteiger partial charge is 0.493 e. The van der Waals surface area contributed by atoms with Gasteiger partial charge in [-0.25, -0.2) is 4.39 Å². The van der Waals surface area contributed by atoms with E-state index in [0.717, 1.165) is 0 Å². The summed E-state index contributed by atoms with van der Waals surface area (Å²) in [6, 6.07) is 11.7. The summed E-state index contributed by atoms with van der Waals surface area (Å²) in [6.45, 7) is 0.0524. The van der Waals surface area contributed by atoms with Gasteiger partial charge in [0.05, 0.1) is 10.7 Å². The van der Waals surface area contributed by atoms with Gasteiger partial charge in [-0.05, 0) is 52.4 Å². The molecule has 2 rings (SSSR count). The summed E-state index contributed by atoms with van der Waals surface area (Å²) >= 11 is 2.07. The number of amides is 1. The van der Waals surface area contributed by atoms with E-state index in [9.17, 15) is 14.4 Å². The lowest BCUT2D eigenvalue weighted by Gasteiger charge is -2.14. The number of hydrogen-bond donors (Lipinski definition) is 0. The molecule has 0 aliphatic heterocycles. The maximum Gasteiger partial charge on any atom is 0.264 e. The summed E-state index contributed by atoms with van der Waals surface area (Å²) in [7, 11) is 4.65. The minimum atomic E-state index is -0.383. The second kappa shape index (κ2) is 9.37.